The van der Waals surface area contributed by atoms with Gasteiger partial charge in [0.1, 0.15) is 6.17 Å². The number of fused-ring (bicyclic) bond motifs is 7. The molecule has 0 amide bonds. The molecule has 6 aromatic carbocycles. The zero-order valence-electron chi connectivity index (χ0n) is 26.0. The van der Waals surface area contributed by atoms with Gasteiger partial charge in [0.15, 0.2) is 0 Å². The minimum atomic E-state index is -0.0862. The topological polar surface area (TPSA) is 21.9 Å². The summed E-state index contributed by atoms with van der Waals surface area (Å²) in [6, 6.07) is 50.7. The zero-order valence-corrected chi connectivity index (χ0v) is 26.0. The van der Waals surface area contributed by atoms with Crippen molar-refractivity contribution in [3.8, 4) is 5.69 Å². The van der Waals surface area contributed by atoms with Crippen LogP contribution in [-0.4, -0.2) is 9.13 Å². The molecule has 3 heteroatoms. The van der Waals surface area contributed by atoms with Crippen molar-refractivity contribution in [3.05, 3.63) is 187 Å². The molecule has 1 N–H and O–H groups in total. The molecular formula is C44H33N3. The monoisotopic (exact) mass is 603 g/mol. The Bertz CT molecular complexity index is 2540. The smallest absolute Gasteiger partial charge is 0.124 e. The first kappa shape index (κ1) is 27.3. The van der Waals surface area contributed by atoms with E-state index in [4.69, 9.17) is 0 Å². The van der Waals surface area contributed by atoms with E-state index in [1.807, 2.05) is 12.2 Å². The molecule has 0 radical (unpaired) electrons. The maximum atomic E-state index is 3.91. The number of para-hydroxylation sites is 4. The molecule has 2 aromatic heterocycles. The van der Waals surface area contributed by atoms with Gasteiger partial charge in [-0.1, -0.05) is 122 Å². The summed E-state index contributed by atoms with van der Waals surface area (Å²) in [4.78, 5) is 0. The fraction of sp³-hybridized carbons (Fsp3) is 0.0455. The lowest BCUT2D eigenvalue weighted by Crippen LogP contribution is -2.20. The highest BCUT2D eigenvalue weighted by atomic mass is 15.2. The first-order valence-electron chi connectivity index (χ1n) is 16.2. The van der Waals surface area contributed by atoms with Crippen LogP contribution in [0.4, 0.5) is 5.69 Å². The van der Waals surface area contributed by atoms with Gasteiger partial charge in [0, 0.05) is 38.5 Å². The summed E-state index contributed by atoms with van der Waals surface area (Å²) in [5.41, 5.74) is 12.1. The van der Waals surface area contributed by atoms with E-state index in [1.54, 1.807) is 0 Å². The zero-order chi connectivity index (χ0) is 31.3. The number of rotatable bonds is 6. The van der Waals surface area contributed by atoms with E-state index in [-0.39, 0.29) is 6.17 Å². The lowest BCUT2D eigenvalue weighted by atomic mass is 9.92. The first-order valence-corrected chi connectivity index (χ1v) is 16.2. The van der Waals surface area contributed by atoms with Gasteiger partial charge < -0.3 is 14.5 Å². The number of hydrogen-bond donors (Lipinski definition) is 1. The summed E-state index contributed by atoms with van der Waals surface area (Å²) in [6.45, 7) is 3.84. The third kappa shape index (κ3) is 4.43. The van der Waals surface area contributed by atoms with Crippen LogP contribution in [0.5, 0.6) is 0 Å². The highest BCUT2D eigenvalue weighted by Crippen LogP contribution is 2.42. The summed E-state index contributed by atoms with van der Waals surface area (Å²) in [5.74, 6) is 0. The summed E-state index contributed by atoms with van der Waals surface area (Å²) in [7, 11) is 0. The van der Waals surface area contributed by atoms with Gasteiger partial charge in [0.05, 0.1) is 22.1 Å². The lowest BCUT2D eigenvalue weighted by Gasteiger charge is -2.29. The Morgan fingerprint density at radius 1 is 0.617 bits per heavy atom. The molecule has 1 unspecified atom stereocenters. The molecule has 0 saturated heterocycles. The van der Waals surface area contributed by atoms with Crippen LogP contribution < -0.4 is 5.32 Å². The van der Waals surface area contributed by atoms with Gasteiger partial charge in [-0.2, -0.15) is 0 Å². The molecule has 1 aliphatic heterocycles. The Morgan fingerprint density at radius 2 is 1.30 bits per heavy atom. The maximum Gasteiger partial charge on any atom is 0.124 e. The normalized spacial score (nSPS) is 14.6. The highest BCUT2D eigenvalue weighted by Gasteiger charge is 2.25. The van der Waals surface area contributed by atoms with E-state index in [1.165, 1.54) is 65.9 Å². The molecule has 0 fully saturated rings. The summed E-state index contributed by atoms with van der Waals surface area (Å²) >= 11 is 0. The van der Waals surface area contributed by atoms with E-state index in [0.29, 0.717) is 0 Å². The van der Waals surface area contributed by atoms with Crippen molar-refractivity contribution in [1.29, 1.82) is 0 Å². The number of benzene rings is 6. The van der Waals surface area contributed by atoms with Gasteiger partial charge in [-0.3, -0.25) is 0 Å². The van der Waals surface area contributed by atoms with Crippen molar-refractivity contribution in [1.82, 2.24) is 9.13 Å². The predicted octanol–water partition coefficient (Wildman–Crippen LogP) is 11.2. The minimum absolute atomic E-state index is 0.0862. The summed E-state index contributed by atoms with van der Waals surface area (Å²) in [5, 5.41) is 8.96. The molecule has 1 atom stereocenters. The molecule has 9 rings (SSSR count). The van der Waals surface area contributed by atoms with Crippen molar-refractivity contribution in [2.24, 2.45) is 0 Å². The van der Waals surface area contributed by atoms with E-state index >= 15 is 0 Å². The van der Waals surface area contributed by atoms with Crippen molar-refractivity contribution < 1.29 is 0 Å². The van der Waals surface area contributed by atoms with Crippen LogP contribution in [0.1, 0.15) is 22.9 Å². The average Bonchev–Trinajstić information content (AvgIpc) is 3.64. The number of hydrogen-bond acceptors (Lipinski definition) is 1. The number of nitrogens with zero attached hydrogens (tertiary/aromatic N) is 2. The molecule has 3 nitrogen and oxygen atoms in total. The van der Waals surface area contributed by atoms with E-state index in [9.17, 15) is 0 Å². The number of anilines is 1. The van der Waals surface area contributed by atoms with Crippen LogP contribution in [0.2, 0.25) is 0 Å². The van der Waals surface area contributed by atoms with Crippen LogP contribution >= 0.6 is 0 Å². The third-order valence-electron chi connectivity index (χ3n) is 9.52. The molecule has 47 heavy (non-hydrogen) atoms. The van der Waals surface area contributed by atoms with Crippen molar-refractivity contribution in [2.45, 2.75) is 12.6 Å². The average molecular weight is 604 g/mol. The van der Waals surface area contributed by atoms with Gasteiger partial charge >= 0.3 is 0 Å². The van der Waals surface area contributed by atoms with Crippen molar-refractivity contribution >= 4 is 54.9 Å². The quantitative estimate of drug-likeness (QED) is 0.188. The molecule has 224 valence electrons. The second-order valence-electron chi connectivity index (χ2n) is 12.2. The predicted molar refractivity (Wildman–Crippen MR) is 199 cm³/mol. The Balaban J connectivity index is 1.27. The Morgan fingerprint density at radius 3 is 2.15 bits per heavy atom. The van der Waals surface area contributed by atoms with Crippen molar-refractivity contribution in [2.75, 3.05) is 5.32 Å². The fourth-order valence-electron chi connectivity index (χ4n) is 7.45. The van der Waals surface area contributed by atoms with E-state index in [2.05, 4.69) is 173 Å². The minimum Gasteiger partial charge on any atom is -0.361 e. The molecule has 0 saturated carbocycles. The second-order valence-corrected chi connectivity index (χ2v) is 12.2. The summed E-state index contributed by atoms with van der Waals surface area (Å²) < 4.78 is 4.87. The molecule has 0 bridgehead atoms. The Kier molecular flexibility index (Phi) is 6.43. The third-order valence-corrected chi connectivity index (χ3v) is 9.52. The molecule has 1 aliphatic rings. The molecular weight excluding hydrogens is 571 g/mol. The van der Waals surface area contributed by atoms with E-state index in [0.717, 1.165) is 17.8 Å². The maximum absolute atomic E-state index is 3.91. The molecule has 0 aliphatic carbocycles. The van der Waals surface area contributed by atoms with Gasteiger partial charge in [0.2, 0.25) is 0 Å². The first-order chi connectivity index (χ1) is 23.3. The van der Waals surface area contributed by atoms with Gasteiger partial charge in [-0.25, -0.2) is 0 Å². The lowest BCUT2D eigenvalue weighted by molar-refractivity contribution is 0.722. The van der Waals surface area contributed by atoms with Crippen LogP contribution in [-0.2, 0) is 6.42 Å². The van der Waals surface area contributed by atoms with E-state index < -0.39 is 0 Å². The van der Waals surface area contributed by atoms with Crippen LogP contribution in [0.15, 0.2) is 170 Å². The number of allylic oxidation sites excluding steroid dienone is 3. The number of nitrogens with one attached hydrogen (secondary N) is 1. The second kappa shape index (κ2) is 11.1. The molecule has 0 spiro atoms. The highest BCUT2D eigenvalue weighted by molar-refractivity contribution is 6.11. The Labute approximate surface area is 274 Å². The largest absolute Gasteiger partial charge is 0.361 e. The van der Waals surface area contributed by atoms with Gasteiger partial charge in [-0.05, 0) is 71.7 Å². The van der Waals surface area contributed by atoms with Crippen LogP contribution in [0, 0.1) is 0 Å². The Hall–Kier alpha value is -6.06. The molecule has 3 heterocycles. The van der Waals surface area contributed by atoms with Crippen molar-refractivity contribution in [3.63, 3.8) is 0 Å². The standard InChI is InChI=1S/C44H33N3/c1-2-3-5-14-30-23-25-36-35-19-10-13-22-41(35)47(42(36)27-30)44-29-38(33-17-8-11-20-39(33)45-44)31-24-26-37-34-18-9-12-21-40(34)46(43(37)28-31)32-15-6-4-7-16-32/h2-13,15-29,44-45H,1,14H2/b5-3-. The SMILES string of the molecule is C=C/C=C\Cc1ccc2c3ccccc3n(C3C=C(c4ccc5c6ccccc6n(-c6ccccc6)c5c4)c4ccccc4N3)c2c1. The van der Waals surface area contributed by atoms with Gasteiger partial charge in [0.25, 0.3) is 0 Å². The summed E-state index contributed by atoms with van der Waals surface area (Å²) in [6.07, 6.45) is 9.21. The fourth-order valence-corrected chi connectivity index (χ4v) is 7.45. The van der Waals surface area contributed by atoms with Gasteiger partial charge in [-0.15, -0.1) is 0 Å². The molecule has 8 aromatic rings. The van der Waals surface area contributed by atoms with Crippen LogP contribution in [0.25, 0.3) is 54.9 Å². The van der Waals surface area contributed by atoms with Crippen LogP contribution in [0.3, 0.4) is 0 Å². The number of aromatic nitrogens is 2.